The second-order valence-corrected chi connectivity index (χ2v) is 5.02. The fraction of sp³-hybridized carbons (Fsp3) is 0.500. The normalized spacial score (nSPS) is 18.1. The average molecular weight is 277 g/mol. The van der Waals surface area contributed by atoms with Gasteiger partial charge in [0.05, 0.1) is 4.92 Å². The van der Waals surface area contributed by atoms with E-state index in [9.17, 15) is 14.9 Å². The summed E-state index contributed by atoms with van der Waals surface area (Å²) < 4.78 is 0. The zero-order valence-electron chi connectivity index (χ0n) is 11.8. The van der Waals surface area contributed by atoms with Crippen LogP contribution in [0.15, 0.2) is 18.2 Å². The summed E-state index contributed by atoms with van der Waals surface area (Å²) in [6.45, 7) is 3.47. The van der Waals surface area contributed by atoms with E-state index in [4.69, 9.17) is 0 Å². The maximum Gasteiger partial charge on any atom is 0.305 e. The highest BCUT2D eigenvalue weighted by Crippen LogP contribution is 2.30. The van der Waals surface area contributed by atoms with Gasteiger partial charge in [-0.1, -0.05) is 19.4 Å². The molecule has 1 N–H and O–H groups in total. The van der Waals surface area contributed by atoms with Gasteiger partial charge in [0.2, 0.25) is 0 Å². The van der Waals surface area contributed by atoms with Crippen molar-refractivity contribution in [1.29, 1.82) is 0 Å². The molecule has 1 aliphatic rings. The third-order valence-electron chi connectivity index (χ3n) is 3.87. The largest absolute Gasteiger partial charge is 0.383 e. The molecule has 1 aromatic carbocycles. The van der Waals surface area contributed by atoms with Gasteiger partial charge in [-0.05, 0) is 24.5 Å². The first-order valence-electron chi connectivity index (χ1n) is 6.82. The van der Waals surface area contributed by atoms with Crippen LogP contribution in [0.1, 0.15) is 30.1 Å². The number of likely N-dealkylation sites (tertiary alicyclic amines) is 1. The predicted molar refractivity (Wildman–Crippen MR) is 76.9 cm³/mol. The molecule has 0 aliphatic carbocycles. The van der Waals surface area contributed by atoms with Gasteiger partial charge in [0.15, 0.2) is 0 Å². The van der Waals surface area contributed by atoms with Gasteiger partial charge >= 0.3 is 5.69 Å². The van der Waals surface area contributed by atoms with Crippen LogP contribution in [-0.4, -0.2) is 35.9 Å². The van der Waals surface area contributed by atoms with Crippen LogP contribution in [0.5, 0.6) is 0 Å². The van der Waals surface area contributed by atoms with Gasteiger partial charge in [-0.25, -0.2) is 0 Å². The van der Waals surface area contributed by atoms with Crippen LogP contribution >= 0.6 is 0 Å². The summed E-state index contributed by atoms with van der Waals surface area (Å²) in [7, 11) is 1.61. The number of nitrogens with one attached hydrogen (secondary N) is 1. The van der Waals surface area contributed by atoms with Crippen LogP contribution in [-0.2, 0) is 0 Å². The van der Waals surface area contributed by atoms with Crippen molar-refractivity contribution in [3.8, 4) is 0 Å². The molecule has 0 saturated carbocycles. The Hall–Kier alpha value is -2.11. The lowest BCUT2D eigenvalue weighted by Crippen LogP contribution is -2.29. The average Bonchev–Trinajstić information content (AvgIpc) is 2.94. The van der Waals surface area contributed by atoms with E-state index < -0.39 is 4.92 Å². The first-order valence-corrected chi connectivity index (χ1v) is 6.82. The van der Waals surface area contributed by atoms with Crippen molar-refractivity contribution >= 4 is 17.3 Å². The molecule has 1 saturated heterocycles. The number of carbonyl (C=O) groups is 1. The molecule has 20 heavy (non-hydrogen) atoms. The lowest BCUT2D eigenvalue weighted by atomic mass is 10.1. The second kappa shape index (κ2) is 5.90. The Morgan fingerprint density at radius 3 is 2.85 bits per heavy atom. The summed E-state index contributed by atoms with van der Waals surface area (Å²) >= 11 is 0. The van der Waals surface area contributed by atoms with Crippen LogP contribution in [0.2, 0.25) is 0 Å². The van der Waals surface area contributed by atoms with Crippen molar-refractivity contribution in [3.05, 3.63) is 33.9 Å². The van der Waals surface area contributed by atoms with E-state index in [1.807, 2.05) is 0 Å². The third kappa shape index (κ3) is 2.59. The molecular formula is C14H19N3O3. The maximum absolute atomic E-state index is 12.5. The molecule has 1 heterocycles. The SMILES string of the molecule is CCC1CCN(C(=O)c2cccc(NC)c2[N+](=O)[O-])C1. The Kier molecular flexibility index (Phi) is 4.22. The molecular weight excluding hydrogens is 258 g/mol. The number of nitrogens with zero attached hydrogens (tertiary/aromatic N) is 2. The molecule has 6 nitrogen and oxygen atoms in total. The fourth-order valence-electron chi connectivity index (χ4n) is 2.64. The molecule has 0 spiro atoms. The predicted octanol–water partition coefficient (Wildman–Crippen LogP) is 2.51. The van der Waals surface area contributed by atoms with Crippen LogP contribution in [0.4, 0.5) is 11.4 Å². The number of para-hydroxylation sites is 1. The number of anilines is 1. The van der Waals surface area contributed by atoms with Crippen LogP contribution in [0.25, 0.3) is 0 Å². The Balaban J connectivity index is 2.33. The van der Waals surface area contributed by atoms with Crippen LogP contribution in [0.3, 0.4) is 0 Å². The van der Waals surface area contributed by atoms with Crippen LogP contribution in [0, 0.1) is 16.0 Å². The lowest BCUT2D eigenvalue weighted by molar-refractivity contribution is -0.384. The number of carbonyl (C=O) groups excluding carboxylic acids is 1. The van der Waals surface area contributed by atoms with Gasteiger partial charge < -0.3 is 10.2 Å². The molecule has 2 rings (SSSR count). The van der Waals surface area contributed by atoms with Crippen molar-refractivity contribution in [2.45, 2.75) is 19.8 Å². The minimum absolute atomic E-state index is 0.139. The Bertz CT molecular complexity index is 530. The summed E-state index contributed by atoms with van der Waals surface area (Å²) in [5, 5.41) is 14.0. The molecule has 1 fully saturated rings. The van der Waals surface area contributed by atoms with E-state index in [0.717, 1.165) is 12.8 Å². The summed E-state index contributed by atoms with van der Waals surface area (Å²) in [5.74, 6) is 0.259. The molecule has 108 valence electrons. The van der Waals surface area contributed by atoms with E-state index in [0.29, 0.717) is 24.7 Å². The standard InChI is InChI=1S/C14H19N3O3/c1-3-10-7-8-16(9-10)14(18)11-5-4-6-12(15-2)13(11)17(19)20/h4-6,10,15H,3,7-9H2,1-2H3. The second-order valence-electron chi connectivity index (χ2n) is 5.02. The quantitative estimate of drug-likeness (QED) is 0.677. The molecule has 1 amide bonds. The van der Waals surface area contributed by atoms with Gasteiger partial charge in [0.25, 0.3) is 5.91 Å². The molecule has 0 radical (unpaired) electrons. The number of hydrogen-bond acceptors (Lipinski definition) is 4. The van der Waals surface area contributed by atoms with E-state index in [-0.39, 0.29) is 17.2 Å². The fourth-order valence-corrected chi connectivity index (χ4v) is 2.64. The van der Waals surface area contributed by atoms with Crippen molar-refractivity contribution in [2.24, 2.45) is 5.92 Å². The Labute approximate surface area is 117 Å². The molecule has 1 atom stereocenters. The number of amides is 1. The summed E-state index contributed by atoms with van der Waals surface area (Å²) in [4.78, 5) is 25.0. The molecule has 1 aliphatic heterocycles. The van der Waals surface area contributed by atoms with Gasteiger partial charge in [0.1, 0.15) is 11.3 Å². The molecule has 1 unspecified atom stereocenters. The van der Waals surface area contributed by atoms with Crippen molar-refractivity contribution in [2.75, 3.05) is 25.5 Å². The number of nitro groups is 1. The van der Waals surface area contributed by atoms with E-state index in [2.05, 4.69) is 12.2 Å². The number of rotatable bonds is 4. The molecule has 1 aromatic rings. The van der Waals surface area contributed by atoms with E-state index in [1.165, 1.54) is 6.07 Å². The zero-order valence-corrected chi connectivity index (χ0v) is 11.8. The third-order valence-corrected chi connectivity index (χ3v) is 3.87. The Morgan fingerprint density at radius 2 is 2.30 bits per heavy atom. The summed E-state index contributed by atoms with van der Waals surface area (Å²) in [5.41, 5.74) is 0.394. The summed E-state index contributed by atoms with van der Waals surface area (Å²) in [6.07, 6.45) is 2.00. The van der Waals surface area contributed by atoms with Gasteiger partial charge in [-0.15, -0.1) is 0 Å². The first-order chi connectivity index (χ1) is 9.58. The molecule has 6 heteroatoms. The van der Waals surface area contributed by atoms with Crippen molar-refractivity contribution in [1.82, 2.24) is 4.90 Å². The number of benzene rings is 1. The summed E-state index contributed by atoms with van der Waals surface area (Å²) in [6, 6.07) is 4.80. The number of hydrogen-bond donors (Lipinski definition) is 1. The Morgan fingerprint density at radius 1 is 1.55 bits per heavy atom. The minimum atomic E-state index is -0.494. The zero-order chi connectivity index (χ0) is 14.7. The first kappa shape index (κ1) is 14.3. The number of nitro benzene ring substituents is 1. The minimum Gasteiger partial charge on any atom is -0.383 e. The van der Waals surface area contributed by atoms with Crippen molar-refractivity contribution < 1.29 is 9.72 Å². The van der Waals surface area contributed by atoms with Crippen molar-refractivity contribution in [3.63, 3.8) is 0 Å². The topological polar surface area (TPSA) is 75.5 Å². The van der Waals surface area contributed by atoms with E-state index in [1.54, 1.807) is 24.1 Å². The van der Waals surface area contributed by atoms with Gasteiger partial charge in [-0.3, -0.25) is 14.9 Å². The highest BCUT2D eigenvalue weighted by atomic mass is 16.6. The van der Waals surface area contributed by atoms with Gasteiger partial charge in [0, 0.05) is 20.1 Å². The highest BCUT2D eigenvalue weighted by Gasteiger charge is 2.31. The maximum atomic E-state index is 12.5. The van der Waals surface area contributed by atoms with Crippen LogP contribution < -0.4 is 5.32 Å². The van der Waals surface area contributed by atoms with Gasteiger partial charge in [-0.2, -0.15) is 0 Å². The van der Waals surface area contributed by atoms with E-state index >= 15 is 0 Å². The lowest BCUT2D eigenvalue weighted by Gasteiger charge is -2.17. The molecule has 0 bridgehead atoms. The highest BCUT2D eigenvalue weighted by molar-refractivity contribution is 6.00. The monoisotopic (exact) mass is 277 g/mol. The smallest absolute Gasteiger partial charge is 0.305 e. The molecule has 0 aromatic heterocycles.